The van der Waals surface area contributed by atoms with Gasteiger partial charge in [0.15, 0.2) is 5.65 Å². The van der Waals surface area contributed by atoms with E-state index in [0.29, 0.717) is 16.8 Å². The molecule has 4 heterocycles. The number of hydrogen-bond donors (Lipinski definition) is 0. The summed E-state index contributed by atoms with van der Waals surface area (Å²) in [7, 11) is 0. The molecule has 150 valence electrons. The minimum Gasteiger partial charge on any atom is -0.468 e. The summed E-state index contributed by atoms with van der Waals surface area (Å²) in [4.78, 5) is 19.2. The number of thiophene rings is 1. The summed E-state index contributed by atoms with van der Waals surface area (Å²) in [5.74, 6) is 1.49. The van der Waals surface area contributed by atoms with Crippen molar-refractivity contribution in [2.24, 2.45) is 0 Å². The molecule has 0 aliphatic rings. The summed E-state index contributed by atoms with van der Waals surface area (Å²) in [6.07, 6.45) is 1.66. The Kier molecular flexibility index (Phi) is 4.36. The molecule has 0 amide bonds. The predicted molar refractivity (Wildman–Crippen MR) is 126 cm³/mol. The van der Waals surface area contributed by atoms with Crippen molar-refractivity contribution in [2.45, 2.75) is 10.8 Å². The van der Waals surface area contributed by atoms with Gasteiger partial charge in [-0.05, 0) is 17.7 Å². The fourth-order valence-electron chi connectivity index (χ4n) is 3.73. The lowest BCUT2D eigenvalue weighted by Gasteiger charge is -2.09. The topological polar surface area (TPSA) is 60.4 Å². The van der Waals surface area contributed by atoms with E-state index in [-0.39, 0.29) is 5.56 Å². The Morgan fingerprint density at radius 2 is 1.77 bits per heavy atom. The number of nitrogens with zero attached hydrogens (tertiary/aromatic N) is 3. The third kappa shape index (κ3) is 3.05. The van der Waals surface area contributed by atoms with E-state index in [1.165, 1.54) is 15.9 Å². The maximum absolute atomic E-state index is 13.6. The Labute approximate surface area is 185 Å². The van der Waals surface area contributed by atoms with Gasteiger partial charge in [-0.2, -0.15) is 9.61 Å². The molecule has 0 spiro atoms. The molecule has 6 aromatic rings. The summed E-state index contributed by atoms with van der Waals surface area (Å²) in [6.45, 7) is 0. The number of benzene rings is 2. The summed E-state index contributed by atoms with van der Waals surface area (Å²) in [6, 6.07) is 21.7. The van der Waals surface area contributed by atoms with Crippen LogP contribution in [0.1, 0.15) is 5.76 Å². The van der Waals surface area contributed by atoms with Crippen molar-refractivity contribution >= 4 is 49.7 Å². The monoisotopic (exact) mass is 441 g/mol. The van der Waals surface area contributed by atoms with E-state index in [1.807, 2.05) is 72.1 Å². The summed E-state index contributed by atoms with van der Waals surface area (Å²) in [5.41, 5.74) is 2.33. The van der Waals surface area contributed by atoms with Crippen molar-refractivity contribution in [3.63, 3.8) is 0 Å². The molecule has 6 rings (SSSR count). The fourth-order valence-corrected chi connectivity index (χ4v) is 5.58. The molecule has 0 fully saturated rings. The van der Waals surface area contributed by atoms with E-state index >= 15 is 0 Å². The van der Waals surface area contributed by atoms with E-state index in [1.54, 1.807) is 18.0 Å². The third-order valence-corrected chi connectivity index (χ3v) is 7.07. The lowest BCUT2D eigenvalue weighted by Crippen LogP contribution is -2.18. The first-order valence-corrected chi connectivity index (χ1v) is 11.6. The Balaban J connectivity index is 1.62. The Morgan fingerprint density at radius 1 is 0.968 bits per heavy atom. The number of hydrogen-bond acceptors (Lipinski definition) is 6. The first-order valence-electron chi connectivity index (χ1n) is 9.73. The van der Waals surface area contributed by atoms with E-state index in [4.69, 9.17) is 14.5 Å². The zero-order chi connectivity index (χ0) is 20.8. The van der Waals surface area contributed by atoms with Crippen LogP contribution < -0.4 is 5.56 Å². The van der Waals surface area contributed by atoms with Gasteiger partial charge in [0.25, 0.3) is 5.56 Å². The largest absolute Gasteiger partial charge is 0.468 e. The molecule has 7 heteroatoms. The lowest BCUT2D eigenvalue weighted by atomic mass is 10.1. The van der Waals surface area contributed by atoms with Crippen LogP contribution in [-0.2, 0) is 5.75 Å². The highest BCUT2D eigenvalue weighted by Gasteiger charge is 2.18. The predicted octanol–water partition coefficient (Wildman–Crippen LogP) is 6.01. The minimum atomic E-state index is -0.147. The first-order chi connectivity index (χ1) is 15.3. The van der Waals surface area contributed by atoms with Crippen LogP contribution in [0.4, 0.5) is 0 Å². The van der Waals surface area contributed by atoms with Gasteiger partial charge in [-0.3, -0.25) is 4.79 Å². The second kappa shape index (κ2) is 7.37. The number of furan rings is 1. The van der Waals surface area contributed by atoms with Crippen molar-refractivity contribution in [3.05, 3.63) is 94.5 Å². The van der Waals surface area contributed by atoms with Gasteiger partial charge in [-0.15, -0.1) is 11.3 Å². The minimum absolute atomic E-state index is 0.147. The van der Waals surface area contributed by atoms with Gasteiger partial charge in [-0.25, -0.2) is 4.98 Å². The molecular weight excluding hydrogens is 426 g/mol. The molecule has 2 aromatic carbocycles. The number of thioether (sulfide) groups is 1. The van der Waals surface area contributed by atoms with Crippen LogP contribution in [-0.4, -0.2) is 14.6 Å². The highest BCUT2D eigenvalue weighted by atomic mass is 32.2. The molecule has 5 nitrogen and oxygen atoms in total. The van der Waals surface area contributed by atoms with E-state index < -0.39 is 0 Å². The van der Waals surface area contributed by atoms with Crippen LogP contribution in [0.15, 0.2) is 92.6 Å². The Hall–Kier alpha value is -3.42. The maximum atomic E-state index is 13.6. The van der Waals surface area contributed by atoms with E-state index in [9.17, 15) is 4.79 Å². The SMILES string of the molecule is O=c1c2c(-c3ccccc3)csc2nc2c3ccccc3c(SCc3ccco3)nn12. The molecule has 0 aliphatic heterocycles. The summed E-state index contributed by atoms with van der Waals surface area (Å²) >= 11 is 3.04. The molecule has 4 aromatic heterocycles. The van der Waals surface area contributed by atoms with Crippen LogP contribution >= 0.6 is 23.1 Å². The molecule has 0 N–H and O–H groups in total. The molecule has 0 saturated carbocycles. The Morgan fingerprint density at radius 3 is 2.58 bits per heavy atom. The van der Waals surface area contributed by atoms with Gasteiger partial charge >= 0.3 is 0 Å². The molecular formula is C24H15N3O2S2. The zero-order valence-corrected chi connectivity index (χ0v) is 17.8. The van der Waals surface area contributed by atoms with Gasteiger partial charge < -0.3 is 4.42 Å². The van der Waals surface area contributed by atoms with E-state index in [0.717, 1.165) is 37.5 Å². The third-order valence-electron chi connectivity index (χ3n) is 5.19. The van der Waals surface area contributed by atoms with Gasteiger partial charge in [-0.1, -0.05) is 66.4 Å². The molecule has 0 atom stereocenters. The quantitative estimate of drug-likeness (QED) is 0.248. The standard InChI is InChI=1S/C24H15N3O2S2/c28-24-20-19(15-7-2-1-3-8-15)14-31-23(20)25-21-17-10-4-5-11-18(17)22(26-27(21)24)30-13-16-9-6-12-29-16/h1-12,14H,13H2. The summed E-state index contributed by atoms with van der Waals surface area (Å²) < 4.78 is 6.92. The molecule has 0 saturated heterocycles. The van der Waals surface area contributed by atoms with Gasteiger partial charge in [0.2, 0.25) is 0 Å². The smallest absolute Gasteiger partial charge is 0.283 e. The fraction of sp³-hybridized carbons (Fsp3) is 0.0417. The molecule has 31 heavy (non-hydrogen) atoms. The number of rotatable bonds is 4. The Bertz CT molecular complexity index is 1600. The molecule has 0 radical (unpaired) electrons. The average Bonchev–Trinajstić information content (AvgIpc) is 3.49. The van der Waals surface area contributed by atoms with Crippen molar-refractivity contribution in [2.75, 3.05) is 0 Å². The van der Waals surface area contributed by atoms with E-state index in [2.05, 4.69) is 0 Å². The maximum Gasteiger partial charge on any atom is 0.283 e. The highest BCUT2D eigenvalue weighted by molar-refractivity contribution is 7.98. The molecule has 0 aliphatic carbocycles. The highest BCUT2D eigenvalue weighted by Crippen LogP contribution is 2.33. The van der Waals surface area contributed by atoms with Crippen molar-refractivity contribution < 1.29 is 4.42 Å². The summed E-state index contributed by atoms with van der Waals surface area (Å²) in [5, 5.41) is 10.0. The molecule has 0 bridgehead atoms. The van der Waals surface area contributed by atoms with Crippen LogP contribution in [0.5, 0.6) is 0 Å². The van der Waals surface area contributed by atoms with Crippen molar-refractivity contribution in [1.29, 1.82) is 0 Å². The second-order valence-corrected chi connectivity index (χ2v) is 8.89. The number of aromatic nitrogens is 3. The average molecular weight is 442 g/mol. The van der Waals surface area contributed by atoms with Crippen LogP contribution in [0, 0.1) is 0 Å². The van der Waals surface area contributed by atoms with Crippen LogP contribution in [0.25, 0.3) is 37.8 Å². The van der Waals surface area contributed by atoms with Crippen molar-refractivity contribution in [3.8, 4) is 11.1 Å². The van der Waals surface area contributed by atoms with Crippen LogP contribution in [0.2, 0.25) is 0 Å². The van der Waals surface area contributed by atoms with Gasteiger partial charge in [0.1, 0.15) is 15.6 Å². The number of fused-ring (bicyclic) bond motifs is 4. The van der Waals surface area contributed by atoms with Gasteiger partial charge in [0, 0.05) is 21.7 Å². The van der Waals surface area contributed by atoms with Gasteiger partial charge in [0.05, 0.1) is 17.4 Å². The molecule has 0 unspecified atom stereocenters. The normalized spacial score (nSPS) is 11.6. The zero-order valence-electron chi connectivity index (χ0n) is 16.2. The van der Waals surface area contributed by atoms with Crippen molar-refractivity contribution in [1.82, 2.24) is 14.6 Å². The van der Waals surface area contributed by atoms with Crippen LogP contribution in [0.3, 0.4) is 0 Å². The first kappa shape index (κ1) is 18.4. The lowest BCUT2D eigenvalue weighted by molar-refractivity contribution is 0.530. The second-order valence-electron chi connectivity index (χ2n) is 7.07.